The number of ether oxygens (including phenoxy) is 2. The van der Waals surface area contributed by atoms with Crippen LogP contribution in [0.4, 0.5) is 10.1 Å². The van der Waals surface area contributed by atoms with Crippen molar-refractivity contribution in [2.24, 2.45) is 0 Å². The van der Waals surface area contributed by atoms with E-state index in [-0.39, 0.29) is 11.7 Å². The third kappa shape index (κ3) is 4.72. The van der Waals surface area contributed by atoms with Crippen molar-refractivity contribution in [1.29, 1.82) is 0 Å². The van der Waals surface area contributed by atoms with Crippen LogP contribution in [0.15, 0.2) is 42.5 Å². The lowest BCUT2D eigenvalue weighted by Gasteiger charge is -2.36. The van der Waals surface area contributed by atoms with E-state index in [0.29, 0.717) is 23.6 Å². The Labute approximate surface area is 164 Å². The Balaban J connectivity index is 1.46. The van der Waals surface area contributed by atoms with Gasteiger partial charge >= 0.3 is 0 Å². The first-order valence-electron chi connectivity index (χ1n) is 9.34. The standard InChI is InChI=1S/C21H26FN3O3/c1-27-19-5-3-4-18(20(19)28-2)21(26)23-10-11-24-12-14-25(15-13-24)17-8-6-16(22)7-9-17/h3-9H,10-15H2,1-2H3,(H,23,26). The predicted octanol–water partition coefficient (Wildman–Crippen LogP) is 2.39. The zero-order chi connectivity index (χ0) is 19.9. The molecule has 1 heterocycles. The van der Waals surface area contributed by atoms with Gasteiger partial charge in [0.2, 0.25) is 0 Å². The van der Waals surface area contributed by atoms with Gasteiger partial charge in [0.25, 0.3) is 5.91 Å². The molecular weight excluding hydrogens is 361 g/mol. The van der Waals surface area contributed by atoms with E-state index in [1.165, 1.54) is 19.2 Å². The van der Waals surface area contributed by atoms with Gasteiger partial charge in [0.05, 0.1) is 19.8 Å². The minimum Gasteiger partial charge on any atom is -0.493 e. The molecule has 28 heavy (non-hydrogen) atoms. The number of piperazine rings is 1. The smallest absolute Gasteiger partial charge is 0.255 e. The number of nitrogens with zero attached hydrogens (tertiary/aromatic N) is 2. The fourth-order valence-corrected chi connectivity index (χ4v) is 3.37. The lowest BCUT2D eigenvalue weighted by Crippen LogP contribution is -2.48. The minimum atomic E-state index is -0.217. The molecule has 7 heteroatoms. The van der Waals surface area contributed by atoms with E-state index in [1.54, 1.807) is 25.3 Å². The average Bonchev–Trinajstić information content (AvgIpc) is 2.74. The number of halogens is 1. The molecule has 0 spiro atoms. The summed E-state index contributed by atoms with van der Waals surface area (Å²) < 4.78 is 23.6. The number of carbonyl (C=O) groups excluding carboxylic acids is 1. The summed E-state index contributed by atoms with van der Waals surface area (Å²) in [6.07, 6.45) is 0. The Kier molecular flexibility index (Phi) is 6.71. The first-order valence-corrected chi connectivity index (χ1v) is 9.34. The van der Waals surface area contributed by atoms with Crippen LogP contribution in [0.5, 0.6) is 11.5 Å². The zero-order valence-corrected chi connectivity index (χ0v) is 16.3. The number of methoxy groups -OCH3 is 2. The van der Waals surface area contributed by atoms with Crippen LogP contribution in [-0.2, 0) is 0 Å². The largest absolute Gasteiger partial charge is 0.493 e. The fraction of sp³-hybridized carbons (Fsp3) is 0.381. The maximum absolute atomic E-state index is 13.1. The van der Waals surface area contributed by atoms with E-state index < -0.39 is 0 Å². The summed E-state index contributed by atoms with van der Waals surface area (Å²) in [5.41, 5.74) is 1.50. The summed E-state index contributed by atoms with van der Waals surface area (Å²) in [6, 6.07) is 11.9. The van der Waals surface area contributed by atoms with Crippen molar-refractivity contribution in [1.82, 2.24) is 10.2 Å². The topological polar surface area (TPSA) is 54.0 Å². The maximum atomic E-state index is 13.1. The summed E-state index contributed by atoms with van der Waals surface area (Å²) in [4.78, 5) is 17.0. The third-order valence-electron chi connectivity index (χ3n) is 4.93. The van der Waals surface area contributed by atoms with Gasteiger partial charge in [-0.15, -0.1) is 0 Å². The van der Waals surface area contributed by atoms with Gasteiger partial charge in [-0.25, -0.2) is 4.39 Å². The molecule has 1 amide bonds. The molecule has 1 aliphatic heterocycles. The Hall–Kier alpha value is -2.80. The van der Waals surface area contributed by atoms with Crippen LogP contribution in [0, 0.1) is 5.82 Å². The van der Waals surface area contributed by atoms with Crippen molar-refractivity contribution in [3.05, 3.63) is 53.8 Å². The number of amides is 1. The molecule has 2 aromatic carbocycles. The number of para-hydroxylation sites is 1. The second kappa shape index (κ2) is 9.41. The summed E-state index contributed by atoms with van der Waals surface area (Å²) >= 11 is 0. The Bertz CT molecular complexity index is 790. The van der Waals surface area contributed by atoms with Crippen molar-refractivity contribution in [3.63, 3.8) is 0 Å². The highest BCUT2D eigenvalue weighted by Crippen LogP contribution is 2.30. The quantitative estimate of drug-likeness (QED) is 0.791. The molecule has 0 aromatic heterocycles. The fourth-order valence-electron chi connectivity index (χ4n) is 3.37. The maximum Gasteiger partial charge on any atom is 0.255 e. The van der Waals surface area contributed by atoms with Crippen molar-refractivity contribution < 1.29 is 18.7 Å². The number of rotatable bonds is 7. The molecule has 0 unspecified atom stereocenters. The van der Waals surface area contributed by atoms with Crippen LogP contribution >= 0.6 is 0 Å². The van der Waals surface area contributed by atoms with Crippen LogP contribution < -0.4 is 19.7 Å². The van der Waals surface area contributed by atoms with E-state index in [1.807, 2.05) is 12.1 Å². The molecule has 6 nitrogen and oxygen atoms in total. The molecule has 0 saturated carbocycles. The van der Waals surface area contributed by atoms with Crippen molar-refractivity contribution in [2.45, 2.75) is 0 Å². The Morgan fingerprint density at radius 1 is 1.04 bits per heavy atom. The molecule has 0 bridgehead atoms. The molecular formula is C21H26FN3O3. The Morgan fingerprint density at radius 2 is 1.75 bits per heavy atom. The second-order valence-corrected chi connectivity index (χ2v) is 6.60. The molecule has 1 N–H and O–H groups in total. The van der Waals surface area contributed by atoms with Crippen LogP contribution in [0.25, 0.3) is 0 Å². The SMILES string of the molecule is COc1cccc(C(=O)NCCN2CCN(c3ccc(F)cc3)CC2)c1OC. The molecule has 0 radical (unpaired) electrons. The van der Waals surface area contributed by atoms with Gasteiger partial charge in [0.1, 0.15) is 5.82 Å². The van der Waals surface area contributed by atoms with Gasteiger partial charge in [-0.3, -0.25) is 9.69 Å². The van der Waals surface area contributed by atoms with Crippen LogP contribution in [0.1, 0.15) is 10.4 Å². The first kappa shape index (κ1) is 19.9. The molecule has 1 aliphatic rings. The number of nitrogens with one attached hydrogen (secondary N) is 1. The normalized spacial score (nSPS) is 14.6. The highest BCUT2D eigenvalue weighted by atomic mass is 19.1. The van der Waals surface area contributed by atoms with Crippen LogP contribution in [0.2, 0.25) is 0 Å². The lowest BCUT2D eigenvalue weighted by atomic mass is 10.1. The number of benzene rings is 2. The van der Waals surface area contributed by atoms with E-state index in [0.717, 1.165) is 38.4 Å². The molecule has 150 valence electrons. The summed E-state index contributed by atoms with van der Waals surface area (Å²) in [6.45, 7) is 4.88. The van der Waals surface area contributed by atoms with Crippen molar-refractivity contribution in [3.8, 4) is 11.5 Å². The highest BCUT2D eigenvalue weighted by molar-refractivity contribution is 5.97. The summed E-state index contributed by atoms with van der Waals surface area (Å²) in [5.74, 6) is 0.578. The van der Waals surface area contributed by atoms with Gasteiger partial charge in [0, 0.05) is 45.0 Å². The van der Waals surface area contributed by atoms with E-state index in [2.05, 4.69) is 15.1 Å². The minimum absolute atomic E-state index is 0.180. The third-order valence-corrected chi connectivity index (χ3v) is 4.93. The van der Waals surface area contributed by atoms with Crippen molar-refractivity contribution in [2.75, 3.05) is 58.4 Å². The summed E-state index contributed by atoms with van der Waals surface area (Å²) in [5, 5.41) is 2.95. The van der Waals surface area contributed by atoms with Gasteiger partial charge < -0.3 is 19.7 Å². The Morgan fingerprint density at radius 3 is 2.39 bits per heavy atom. The zero-order valence-electron chi connectivity index (χ0n) is 16.3. The molecule has 0 atom stereocenters. The lowest BCUT2D eigenvalue weighted by molar-refractivity contribution is 0.0944. The van der Waals surface area contributed by atoms with E-state index >= 15 is 0 Å². The number of hydrogen-bond acceptors (Lipinski definition) is 5. The molecule has 1 saturated heterocycles. The number of anilines is 1. The monoisotopic (exact) mass is 387 g/mol. The van der Waals surface area contributed by atoms with Crippen molar-refractivity contribution >= 4 is 11.6 Å². The average molecular weight is 387 g/mol. The van der Waals surface area contributed by atoms with E-state index in [4.69, 9.17) is 9.47 Å². The van der Waals surface area contributed by atoms with Gasteiger partial charge in [-0.2, -0.15) is 0 Å². The van der Waals surface area contributed by atoms with Gasteiger partial charge in [-0.05, 0) is 36.4 Å². The molecule has 2 aromatic rings. The number of carbonyl (C=O) groups is 1. The van der Waals surface area contributed by atoms with Gasteiger partial charge in [-0.1, -0.05) is 6.07 Å². The molecule has 0 aliphatic carbocycles. The molecule has 1 fully saturated rings. The second-order valence-electron chi connectivity index (χ2n) is 6.60. The molecule has 3 rings (SSSR count). The van der Waals surface area contributed by atoms with Crippen LogP contribution in [0.3, 0.4) is 0 Å². The van der Waals surface area contributed by atoms with E-state index in [9.17, 15) is 9.18 Å². The predicted molar refractivity (Wildman–Crippen MR) is 107 cm³/mol. The van der Waals surface area contributed by atoms with Gasteiger partial charge in [0.15, 0.2) is 11.5 Å². The summed E-state index contributed by atoms with van der Waals surface area (Å²) in [7, 11) is 3.07. The van der Waals surface area contributed by atoms with Crippen LogP contribution in [-0.4, -0.2) is 64.3 Å². The number of hydrogen-bond donors (Lipinski definition) is 1. The highest BCUT2D eigenvalue weighted by Gasteiger charge is 2.19. The first-order chi connectivity index (χ1) is 13.6.